The molecule has 1 aromatic rings. The number of benzene rings is 1. The topological polar surface area (TPSA) is 72.5 Å². The van der Waals surface area contributed by atoms with Crippen LogP contribution in [0.1, 0.15) is 25.5 Å². The van der Waals surface area contributed by atoms with Gasteiger partial charge >= 0.3 is 5.97 Å². The normalized spacial score (nSPS) is 13.2. The monoisotopic (exact) mass is 337 g/mol. The van der Waals surface area contributed by atoms with Crippen LogP contribution in [0, 0.1) is 17.0 Å². The van der Waals surface area contributed by atoms with Crippen LogP contribution >= 0.6 is 15.9 Å². The summed E-state index contributed by atoms with van der Waals surface area (Å²) in [5, 5.41) is 9.81. The Morgan fingerprint density at radius 1 is 1.53 bits per heavy atom. The van der Waals surface area contributed by atoms with Crippen molar-refractivity contribution in [1.82, 2.24) is 0 Å². The lowest BCUT2D eigenvalue weighted by atomic mass is 9.80. The molecule has 106 valence electrons. The maximum absolute atomic E-state index is 13.8. The summed E-state index contributed by atoms with van der Waals surface area (Å²) in [6, 6.07) is -0.488. The van der Waals surface area contributed by atoms with Crippen LogP contribution in [0.2, 0.25) is 0 Å². The Labute approximate surface area is 117 Å². The Morgan fingerprint density at radius 3 is 2.53 bits per heavy atom. The minimum atomic E-state index is -1.33. The van der Waals surface area contributed by atoms with Crippen LogP contribution in [-0.2, 0) is 9.53 Å². The molecule has 0 unspecified atom stereocenters. The summed E-state index contributed by atoms with van der Waals surface area (Å²) >= 11 is 2.89. The van der Waals surface area contributed by atoms with Gasteiger partial charge in [-0.1, -0.05) is 0 Å². The Hall–Kier alpha value is -1.21. The molecule has 19 heavy (non-hydrogen) atoms. The lowest BCUT2D eigenvalue weighted by molar-refractivity contribution is -0.152. The highest BCUT2D eigenvalue weighted by atomic mass is 79.9. The number of hydrogen-bond donors (Lipinski definition) is 2. The second kappa shape index (κ2) is 5.42. The van der Waals surface area contributed by atoms with E-state index in [1.807, 2.05) is 0 Å². The highest BCUT2D eigenvalue weighted by Crippen LogP contribution is 2.41. The van der Waals surface area contributed by atoms with Gasteiger partial charge in [0.15, 0.2) is 11.6 Å². The van der Waals surface area contributed by atoms with Crippen molar-refractivity contribution in [3.63, 3.8) is 0 Å². The zero-order valence-corrected chi connectivity index (χ0v) is 12.2. The van der Waals surface area contributed by atoms with Crippen LogP contribution in [0.5, 0.6) is 5.75 Å². The van der Waals surface area contributed by atoms with Crippen LogP contribution in [0.15, 0.2) is 10.5 Å². The third kappa shape index (κ3) is 2.71. The maximum atomic E-state index is 13.8. The molecule has 0 heterocycles. The Morgan fingerprint density at radius 2 is 2.05 bits per heavy atom. The first kappa shape index (κ1) is 15.8. The lowest BCUT2D eigenvalue weighted by Crippen LogP contribution is -2.38. The summed E-state index contributed by atoms with van der Waals surface area (Å²) in [5.41, 5.74) is 4.00. The van der Waals surface area contributed by atoms with Gasteiger partial charge in [-0.15, -0.1) is 0 Å². The molecule has 0 saturated heterocycles. The molecule has 0 amide bonds. The molecule has 0 saturated carbocycles. The number of carbonyl (C=O) groups is 1. The van der Waals surface area contributed by atoms with Gasteiger partial charge in [-0.3, -0.25) is 4.79 Å². The summed E-state index contributed by atoms with van der Waals surface area (Å²) < 4.78 is 31.7. The average molecular weight is 338 g/mol. The van der Waals surface area contributed by atoms with Gasteiger partial charge in [0.25, 0.3) is 0 Å². The SMILES string of the molecule is COC(=O)C(C)(C)[C@@H](N)c1c(O)c(Br)cc(F)c1F. The van der Waals surface area contributed by atoms with E-state index in [1.165, 1.54) is 13.8 Å². The number of aromatic hydroxyl groups is 1. The van der Waals surface area contributed by atoms with Crippen LogP contribution in [-0.4, -0.2) is 18.2 Å². The third-order valence-electron chi connectivity index (χ3n) is 2.98. The van der Waals surface area contributed by atoms with Crippen molar-refractivity contribution in [2.45, 2.75) is 19.9 Å². The number of phenols is 1. The molecule has 3 N–H and O–H groups in total. The zero-order valence-electron chi connectivity index (χ0n) is 10.6. The standard InChI is InChI=1S/C12H14BrF2NO3/c1-12(2,11(18)19-3)10(16)7-8(15)6(14)4-5(13)9(7)17/h4,10,17H,16H2,1-3H3/t10-/m0/s1. The molecule has 0 bridgehead atoms. The highest BCUT2D eigenvalue weighted by molar-refractivity contribution is 9.10. The number of esters is 1. The number of halogens is 3. The largest absolute Gasteiger partial charge is 0.506 e. The van der Waals surface area contributed by atoms with E-state index in [2.05, 4.69) is 20.7 Å². The molecule has 1 atom stereocenters. The molecular weight excluding hydrogens is 324 g/mol. The Balaban J connectivity index is 3.42. The first-order valence-corrected chi connectivity index (χ1v) is 6.14. The van der Waals surface area contributed by atoms with Crippen LogP contribution in [0.3, 0.4) is 0 Å². The molecule has 4 nitrogen and oxygen atoms in total. The zero-order chi connectivity index (χ0) is 15.0. The van der Waals surface area contributed by atoms with E-state index in [4.69, 9.17) is 5.73 Å². The number of nitrogens with two attached hydrogens (primary N) is 1. The summed E-state index contributed by atoms with van der Waals surface area (Å²) in [6.07, 6.45) is 0. The van der Waals surface area contributed by atoms with E-state index in [0.29, 0.717) is 0 Å². The van der Waals surface area contributed by atoms with Gasteiger partial charge in [0.05, 0.1) is 28.6 Å². The number of rotatable bonds is 3. The van der Waals surface area contributed by atoms with Crippen LogP contribution < -0.4 is 5.73 Å². The number of phenolic OH excluding ortho intramolecular Hbond substituents is 1. The number of hydrogen-bond acceptors (Lipinski definition) is 4. The van der Waals surface area contributed by atoms with Crippen molar-refractivity contribution in [3.05, 3.63) is 27.7 Å². The van der Waals surface area contributed by atoms with Gasteiger partial charge in [0, 0.05) is 0 Å². The van der Waals surface area contributed by atoms with Crippen molar-refractivity contribution in [3.8, 4) is 5.75 Å². The third-order valence-corrected chi connectivity index (χ3v) is 3.59. The fourth-order valence-electron chi connectivity index (χ4n) is 1.64. The Kier molecular flexibility index (Phi) is 4.52. The molecule has 0 aromatic heterocycles. The summed E-state index contributed by atoms with van der Waals surface area (Å²) in [7, 11) is 1.16. The minimum absolute atomic E-state index is 0.0440. The first-order valence-electron chi connectivity index (χ1n) is 5.35. The van der Waals surface area contributed by atoms with Gasteiger partial charge in [0.1, 0.15) is 5.75 Å². The van der Waals surface area contributed by atoms with Gasteiger partial charge in [-0.2, -0.15) is 0 Å². The van der Waals surface area contributed by atoms with Crippen molar-refractivity contribution in [2.24, 2.45) is 11.1 Å². The number of ether oxygens (including phenoxy) is 1. The molecule has 1 rings (SSSR count). The fraction of sp³-hybridized carbons (Fsp3) is 0.417. The molecular formula is C12H14BrF2NO3. The maximum Gasteiger partial charge on any atom is 0.313 e. The molecule has 0 aliphatic heterocycles. The molecule has 0 radical (unpaired) electrons. The van der Waals surface area contributed by atoms with E-state index in [1.54, 1.807) is 0 Å². The average Bonchev–Trinajstić information content (AvgIpc) is 2.35. The van der Waals surface area contributed by atoms with Crippen LogP contribution in [0.4, 0.5) is 8.78 Å². The molecule has 0 spiro atoms. The van der Waals surface area contributed by atoms with Gasteiger partial charge < -0.3 is 15.6 Å². The summed E-state index contributed by atoms with van der Waals surface area (Å²) in [6.45, 7) is 2.84. The fourth-order valence-corrected chi connectivity index (χ4v) is 2.05. The molecule has 1 aromatic carbocycles. The van der Waals surface area contributed by atoms with E-state index in [9.17, 15) is 18.7 Å². The second-order valence-corrected chi connectivity index (χ2v) is 5.46. The van der Waals surface area contributed by atoms with E-state index < -0.39 is 40.4 Å². The van der Waals surface area contributed by atoms with E-state index in [0.717, 1.165) is 13.2 Å². The first-order chi connectivity index (χ1) is 8.64. The van der Waals surface area contributed by atoms with Crippen molar-refractivity contribution in [2.75, 3.05) is 7.11 Å². The molecule has 0 aliphatic rings. The van der Waals surface area contributed by atoms with E-state index in [-0.39, 0.29) is 4.47 Å². The predicted octanol–water partition coefficient (Wildman–Crippen LogP) is 2.63. The van der Waals surface area contributed by atoms with Gasteiger partial charge in [-0.05, 0) is 35.8 Å². The number of methoxy groups -OCH3 is 1. The minimum Gasteiger partial charge on any atom is -0.506 e. The van der Waals surface area contributed by atoms with Crippen LogP contribution in [0.25, 0.3) is 0 Å². The highest BCUT2D eigenvalue weighted by Gasteiger charge is 2.40. The van der Waals surface area contributed by atoms with E-state index >= 15 is 0 Å². The smallest absolute Gasteiger partial charge is 0.313 e. The number of carbonyl (C=O) groups excluding carboxylic acids is 1. The van der Waals surface area contributed by atoms with Crippen molar-refractivity contribution in [1.29, 1.82) is 0 Å². The second-order valence-electron chi connectivity index (χ2n) is 4.61. The van der Waals surface area contributed by atoms with Crippen molar-refractivity contribution < 1.29 is 23.4 Å². The lowest BCUT2D eigenvalue weighted by Gasteiger charge is -2.29. The summed E-state index contributed by atoms with van der Waals surface area (Å²) in [4.78, 5) is 11.6. The predicted molar refractivity (Wildman–Crippen MR) is 68.4 cm³/mol. The summed E-state index contributed by atoms with van der Waals surface area (Å²) in [5.74, 6) is -3.69. The molecule has 0 fully saturated rings. The van der Waals surface area contributed by atoms with Crippen molar-refractivity contribution >= 4 is 21.9 Å². The van der Waals surface area contributed by atoms with Gasteiger partial charge in [0.2, 0.25) is 0 Å². The Bertz CT molecular complexity index is 494. The van der Waals surface area contributed by atoms with Gasteiger partial charge in [-0.25, -0.2) is 8.78 Å². The quantitative estimate of drug-likeness (QED) is 0.656. The molecule has 7 heteroatoms. The molecule has 0 aliphatic carbocycles.